The molecule has 2 aliphatic rings. The Kier molecular flexibility index (Phi) is 6.23. The zero-order valence-corrected chi connectivity index (χ0v) is 15.5. The summed E-state index contributed by atoms with van der Waals surface area (Å²) in [6.07, 6.45) is 5.44. The average molecular weight is 389 g/mol. The van der Waals surface area contributed by atoms with Gasteiger partial charge < -0.3 is 15.0 Å². The van der Waals surface area contributed by atoms with Crippen molar-refractivity contribution >= 4 is 29.2 Å². The predicted octanol–water partition coefficient (Wildman–Crippen LogP) is 2.26. The lowest BCUT2D eigenvalue weighted by Gasteiger charge is -2.31. The number of likely N-dealkylation sites (tertiary alicyclic amines) is 1. The van der Waals surface area contributed by atoms with Gasteiger partial charge in [0.1, 0.15) is 0 Å². The van der Waals surface area contributed by atoms with Gasteiger partial charge in [0, 0.05) is 36.8 Å². The van der Waals surface area contributed by atoms with Gasteiger partial charge in [0.2, 0.25) is 5.91 Å². The number of nitro groups is 1. The molecule has 1 saturated carbocycles. The number of hydrogen-bond acceptors (Lipinski definition) is 6. The molecule has 1 saturated heterocycles. The summed E-state index contributed by atoms with van der Waals surface area (Å²) in [5, 5.41) is 13.2. The molecule has 1 heterocycles. The quantitative estimate of drug-likeness (QED) is 0.453. The number of anilines is 1. The SMILES string of the molecule is O=C(COC(=O)[C@H]1CC(=O)N(C2CCCCC2)C1)Nc1cccc([N+](=O)[O-])c1. The third-order valence-corrected chi connectivity index (χ3v) is 5.19. The van der Waals surface area contributed by atoms with Gasteiger partial charge in [-0.2, -0.15) is 0 Å². The molecule has 150 valence electrons. The number of nitrogens with zero attached hydrogens (tertiary/aromatic N) is 2. The predicted molar refractivity (Wildman–Crippen MR) is 99.4 cm³/mol. The third-order valence-electron chi connectivity index (χ3n) is 5.19. The number of amides is 2. The third kappa shape index (κ3) is 4.85. The Morgan fingerprint density at radius 1 is 1.25 bits per heavy atom. The molecule has 1 aromatic carbocycles. The highest BCUT2D eigenvalue weighted by molar-refractivity contribution is 5.94. The van der Waals surface area contributed by atoms with E-state index >= 15 is 0 Å². The van der Waals surface area contributed by atoms with E-state index in [1.165, 1.54) is 30.7 Å². The van der Waals surface area contributed by atoms with Crippen LogP contribution in [0.5, 0.6) is 0 Å². The van der Waals surface area contributed by atoms with Gasteiger partial charge in [0.05, 0.1) is 10.8 Å². The molecule has 1 atom stereocenters. The first-order chi connectivity index (χ1) is 13.4. The molecule has 0 bridgehead atoms. The molecule has 3 rings (SSSR count). The van der Waals surface area contributed by atoms with E-state index in [2.05, 4.69) is 5.32 Å². The molecule has 0 spiro atoms. The number of non-ortho nitro benzene ring substituents is 1. The van der Waals surface area contributed by atoms with E-state index in [1.807, 2.05) is 0 Å². The Labute approximate surface area is 162 Å². The molecular formula is C19H23N3O6. The Balaban J connectivity index is 1.47. The molecule has 1 aliphatic carbocycles. The summed E-state index contributed by atoms with van der Waals surface area (Å²) in [5.41, 5.74) is 0.0943. The highest BCUT2D eigenvalue weighted by Gasteiger charge is 2.39. The van der Waals surface area contributed by atoms with Gasteiger partial charge in [-0.15, -0.1) is 0 Å². The van der Waals surface area contributed by atoms with E-state index in [4.69, 9.17) is 4.74 Å². The summed E-state index contributed by atoms with van der Waals surface area (Å²) >= 11 is 0. The first kappa shape index (κ1) is 19.8. The van der Waals surface area contributed by atoms with Crippen molar-refractivity contribution in [3.63, 3.8) is 0 Å². The van der Waals surface area contributed by atoms with E-state index in [0.717, 1.165) is 25.7 Å². The Bertz CT molecular complexity index is 775. The maximum absolute atomic E-state index is 12.2. The first-order valence-corrected chi connectivity index (χ1v) is 9.44. The number of rotatable bonds is 6. The maximum atomic E-state index is 12.2. The van der Waals surface area contributed by atoms with Gasteiger partial charge in [-0.3, -0.25) is 24.5 Å². The van der Waals surface area contributed by atoms with Crippen LogP contribution < -0.4 is 5.32 Å². The van der Waals surface area contributed by atoms with Gasteiger partial charge in [-0.25, -0.2) is 0 Å². The topological polar surface area (TPSA) is 119 Å². The number of ether oxygens (including phenoxy) is 1. The summed E-state index contributed by atoms with van der Waals surface area (Å²) in [5.74, 6) is -1.75. The normalized spacial score (nSPS) is 20.1. The fourth-order valence-electron chi connectivity index (χ4n) is 3.78. The van der Waals surface area contributed by atoms with Gasteiger partial charge in [-0.1, -0.05) is 25.3 Å². The minimum atomic E-state index is -0.595. The Morgan fingerprint density at radius 2 is 2.00 bits per heavy atom. The minimum absolute atomic E-state index is 0.0325. The van der Waals surface area contributed by atoms with Crippen molar-refractivity contribution in [3.05, 3.63) is 34.4 Å². The second kappa shape index (κ2) is 8.81. The van der Waals surface area contributed by atoms with Gasteiger partial charge >= 0.3 is 5.97 Å². The van der Waals surface area contributed by atoms with Crippen LogP contribution in [0.4, 0.5) is 11.4 Å². The molecule has 1 aromatic rings. The molecular weight excluding hydrogens is 366 g/mol. The fraction of sp³-hybridized carbons (Fsp3) is 0.526. The van der Waals surface area contributed by atoms with Crippen LogP contribution >= 0.6 is 0 Å². The van der Waals surface area contributed by atoms with Crippen molar-refractivity contribution in [2.24, 2.45) is 5.92 Å². The molecule has 0 aromatic heterocycles. The van der Waals surface area contributed by atoms with Crippen LogP contribution in [-0.4, -0.2) is 46.8 Å². The standard InChI is InChI=1S/C19H23N3O6/c23-17(20-14-5-4-8-16(10-14)22(26)27)12-28-19(25)13-9-18(24)21(11-13)15-6-2-1-3-7-15/h4-5,8,10,13,15H,1-3,6-7,9,11-12H2,(H,20,23)/t13-/m0/s1. The van der Waals surface area contributed by atoms with E-state index < -0.39 is 29.3 Å². The van der Waals surface area contributed by atoms with Gasteiger partial charge in [0.15, 0.2) is 6.61 Å². The van der Waals surface area contributed by atoms with Crippen LogP contribution in [0.25, 0.3) is 0 Å². The van der Waals surface area contributed by atoms with E-state index in [1.54, 1.807) is 4.90 Å². The molecule has 1 aliphatic heterocycles. The van der Waals surface area contributed by atoms with Crippen molar-refractivity contribution in [1.29, 1.82) is 0 Å². The summed E-state index contributed by atoms with van der Waals surface area (Å²) in [4.78, 5) is 48.4. The Hall–Kier alpha value is -2.97. The Morgan fingerprint density at radius 3 is 2.71 bits per heavy atom. The molecule has 2 fully saturated rings. The van der Waals surface area contributed by atoms with Crippen LogP contribution in [0.15, 0.2) is 24.3 Å². The van der Waals surface area contributed by atoms with Crippen LogP contribution in [0.1, 0.15) is 38.5 Å². The molecule has 1 N–H and O–H groups in total. The van der Waals surface area contributed by atoms with Crippen molar-refractivity contribution in [2.75, 3.05) is 18.5 Å². The number of hydrogen-bond donors (Lipinski definition) is 1. The molecule has 28 heavy (non-hydrogen) atoms. The average Bonchev–Trinajstić information content (AvgIpc) is 3.09. The second-order valence-corrected chi connectivity index (χ2v) is 7.20. The molecule has 2 amide bonds. The minimum Gasteiger partial charge on any atom is -0.455 e. The lowest BCUT2D eigenvalue weighted by molar-refractivity contribution is -0.384. The second-order valence-electron chi connectivity index (χ2n) is 7.20. The number of esters is 1. The van der Waals surface area contributed by atoms with E-state index in [0.29, 0.717) is 6.54 Å². The lowest BCUT2D eigenvalue weighted by atomic mass is 9.94. The fourth-order valence-corrected chi connectivity index (χ4v) is 3.78. The number of carbonyl (C=O) groups excluding carboxylic acids is 3. The van der Waals surface area contributed by atoms with Crippen molar-refractivity contribution in [2.45, 2.75) is 44.6 Å². The highest BCUT2D eigenvalue weighted by atomic mass is 16.6. The number of benzene rings is 1. The zero-order valence-electron chi connectivity index (χ0n) is 15.5. The highest BCUT2D eigenvalue weighted by Crippen LogP contribution is 2.29. The van der Waals surface area contributed by atoms with Crippen LogP contribution in [0, 0.1) is 16.0 Å². The largest absolute Gasteiger partial charge is 0.455 e. The lowest BCUT2D eigenvalue weighted by Crippen LogP contribution is -2.38. The zero-order chi connectivity index (χ0) is 20.1. The van der Waals surface area contributed by atoms with Crippen LogP contribution in [0.3, 0.4) is 0 Å². The van der Waals surface area contributed by atoms with Gasteiger partial charge in [-0.05, 0) is 18.9 Å². The molecule has 9 heteroatoms. The molecule has 0 unspecified atom stereocenters. The maximum Gasteiger partial charge on any atom is 0.311 e. The molecule has 0 radical (unpaired) electrons. The number of nitro benzene ring substituents is 1. The van der Waals surface area contributed by atoms with E-state index in [9.17, 15) is 24.5 Å². The smallest absolute Gasteiger partial charge is 0.311 e. The number of carbonyl (C=O) groups is 3. The van der Waals surface area contributed by atoms with E-state index in [-0.39, 0.29) is 29.7 Å². The first-order valence-electron chi connectivity index (χ1n) is 9.44. The van der Waals surface area contributed by atoms with Gasteiger partial charge in [0.25, 0.3) is 11.6 Å². The summed E-state index contributed by atoms with van der Waals surface area (Å²) in [7, 11) is 0. The van der Waals surface area contributed by atoms with Crippen molar-refractivity contribution in [1.82, 2.24) is 4.90 Å². The van der Waals surface area contributed by atoms with Crippen molar-refractivity contribution in [3.8, 4) is 0 Å². The monoisotopic (exact) mass is 389 g/mol. The summed E-state index contributed by atoms with van der Waals surface area (Å²) < 4.78 is 5.06. The number of nitrogens with one attached hydrogen (secondary N) is 1. The molecule has 9 nitrogen and oxygen atoms in total. The van der Waals surface area contributed by atoms with Crippen LogP contribution in [-0.2, 0) is 19.1 Å². The summed E-state index contributed by atoms with van der Waals surface area (Å²) in [6, 6.07) is 5.69. The van der Waals surface area contributed by atoms with Crippen molar-refractivity contribution < 1.29 is 24.0 Å². The summed E-state index contributed by atoms with van der Waals surface area (Å²) in [6.45, 7) is -0.162. The van der Waals surface area contributed by atoms with Crippen LogP contribution in [0.2, 0.25) is 0 Å².